The normalized spacial score (nSPS) is 8.95. The van der Waals surface area contributed by atoms with E-state index >= 15 is 0 Å². The topological polar surface area (TPSA) is 81.7 Å². The van der Waals surface area contributed by atoms with Crippen molar-refractivity contribution in [1.82, 2.24) is 0 Å². The van der Waals surface area contributed by atoms with Crippen molar-refractivity contribution in [2.24, 2.45) is 0 Å². The van der Waals surface area contributed by atoms with Gasteiger partial charge in [-0.2, -0.15) is 34.0 Å². The minimum atomic E-state index is -2.91. The molecule has 0 aliphatic rings. The molecule has 112 valence electrons. The minimum Gasteiger partial charge on any atom is -0.229 e. The largest absolute Gasteiger partial charge is 0.229 e. The molecule has 0 aliphatic heterocycles. The smallest absolute Gasteiger partial charge is 0.148 e. The van der Waals surface area contributed by atoms with E-state index < -0.39 is 9.84 Å². The molecule has 0 aromatic carbocycles. The fourth-order valence-corrected chi connectivity index (χ4v) is 1.83. The molecule has 0 saturated heterocycles. The van der Waals surface area contributed by atoms with Crippen molar-refractivity contribution in [1.29, 1.82) is 10.5 Å². The van der Waals surface area contributed by atoms with Gasteiger partial charge in [0.25, 0.3) is 0 Å². The van der Waals surface area contributed by atoms with E-state index in [4.69, 9.17) is 22.1 Å². The van der Waals surface area contributed by atoms with Crippen LogP contribution in [0.1, 0.15) is 12.8 Å². The van der Waals surface area contributed by atoms with Gasteiger partial charge in [0.15, 0.2) is 0 Å². The average molecular weight is 345 g/mol. The molecule has 0 aliphatic carbocycles. The highest BCUT2D eigenvalue weighted by molar-refractivity contribution is 7.98. The third-order valence-corrected chi connectivity index (χ3v) is 3.87. The van der Waals surface area contributed by atoms with Crippen molar-refractivity contribution in [3.63, 3.8) is 0 Å². The van der Waals surface area contributed by atoms with Crippen LogP contribution in [-0.4, -0.2) is 50.3 Å². The van der Waals surface area contributed by atoms with Gasteiger partial charge in [0.1, 0.15) is 9.84 Å². The number of hydrogen-bond donors (Lipinski definition) is 0. The molecule has 0 aromatic rings. The number of thioether (sulfide) groups is 2. The highest BCUT2D eigenvalue weighted by Gasteiger charge is 1.98. The van der Waals surface area contributed by atoms with Crippen LogP contribution in [-0.2, 0) is 9.84 Å². The second kappa shape index (κ2) is 20.2. The summed E-state index contributed by atoms with van der Waals surface area (Å²) < 4.78 is 20.5. The highest BCUT2D eigenvalue weighted by Crippen LogP contribution is 1.91. The lowest BCUT2D eigenvalue weighted by Gasteiger charge is -1.85. The third-order valence-electron chi connectivity index (χ3n) is 1.28. The predicted octanol–water partition coefficient (Wildman–Crippen LogP) is 2.80. The van der Waals surface area contributed by atoms with Crippen molar-refractivity contribution < 1.29 is 8.42 Å². The molecule has 4 nitrogen and oxygen atoms in total. The quantitative estimate of drug-likeness (QED) is 0.544. The van der Waals surface area contributed by atoms with E-state index in [0.717, 1.165) is 23.6 Å². The Balaban J connectivity index is -0.000000209. The van der Waals surface area contributed by atoms with E-state index in [0.29, 0.717) is 6.42 Å². The molecule has 19 heavy (non-hydrogen) atoms. The highest BCUT2D eigenvalue weighted by atomic mass is 35.5. The summed E-state index contributed by atoms with van der Waals surface area (Å²) in [6.45, 7) is 0. The molecule has 0 unspecified atom stereocenters. The molecule has 0 N–H and O–H groups in total. The lowest BCUT2D eigenvalue weighted by molar-refractivity contribution is 0.601. The molecule has 0 saturated carbocycles. The Kier molecular flexibility index (Phi) is 25.5. The maximum absolute atomic E-state index is 10.2. The molecular weight excluding hydrogens is 324 g/mol. The van der Waals surface area contributed by atoms with Crippen LogP contribution in [0.25, 0.3) is 0 Å². The molecule has 0 fully saturated rings. The van der Waals surface area contributed by atoms with Gasteiger partial charge >= 0.3 is 0 Å². The summed E-state index contributed by atoms with van der Waals surface area (Å²) in [4.78, 5) is 0. The van der Waals surface area contributed by atoms with Gasteiger partial charge in [-0.05, 0) is 12.5 Å². The first-order valence-corrected chi connectivity index (χ1v) is 10.7. The van der Waals surface area contributed by atoms with Crippen molar-refractivity contribution in [2.75, 3.05) is 41.9 Å². The number of hydrogen-bond acceptors (Lipinski definition) is 6. The summed E-state index contributed by atoms with van der Waals surface area (Å²) in [6, 6.07) is 3.79. The number of alkyl halides is 1. The van der Waals surface area contributed by atoms with Crippen molar-refractivity contribution in [2.45, 2.75) is 12.8 Å². The Labute approximate surface area is 130 Å². The molecule has 0 atom stereocenters. The number of rotatable bonds is 6. The minimum absolute atomic E-state index is 0.0243. The summed E-state index contributed by atoms with van der Waals surface area (Å²) in [6.07, 6.45) is 5.93. The van der Waals surface area contributed by atoms with Crippen LogP contribution in [0.4, 0.5) is 0 Å². The van der Waals surface area contributed by atoms with Gasteiger partial charge in [0.2, 0.25) is 0 Å². The van der Waals surface area contributed by atoms with E-state index in [1.807, 2.05) is 18.6 Å². The molecule has 0 rings (SSSR count). The maximum atomic E-state index is 10.2. The molecule has 0 heterocycles. The van der Waals surface area contributed by atoms with Crippen molar-refractivity contribution in [3.05, 3.63) is 0 Å². The third kappa shape index (κ3) is 46.2. The van der Waals surface area contributed by atoms with Gasteiger partial charge in [0, 0.05) is 36.5 Å². The number of nitrogens with zero attached hydrogens (tertiary/aromatic N) is 2. The molecule has 0 amide bonds. The van der Waals surface area contributed by atoms with Gasteiger partial charge in [-0.25, -0.2) is 8.42 Å². The first kappa shape index (κ1) is 24.0. The Morgan fingerprint density at radius 1 is 1.05 bits per heavy atom. The monoisotopic (exact) mass is 344 g/mol. The number of nitriles is 2. The second-order valence-electron chi connectivity index (χ2n) is 3.12. The summed E-state index contributed by atoms with van der Waals surface area (Å²) in [5, 5.41) is 15.8. The van der Waals surface area contributed by atoms with E-state index in [9.17, 15) is 8.42 Å². The number of halogens is 1. The van der Waals surface area contributed by atoms with Gasteiger partial charge in [-0.1, -0.05) is 0 Å². The van der Waals surface area contributed by atoms with E-state index in [-0.39, 0.29) is 12.2 Å². The Morgan fingerprint density at radius 3 is 1.63 bits per heavy atom. The van der Waals surface area contributed by atoms with E-state index in [1.54, 1.807) is 29.6 Å². The summed E-state index contributed by atoms with van der Waals surface area (Å²) >= 11 is 8.75. The average Bonchev–Trinajstić information content (AvgIpc) is 2.35. The fourth-order valence-electron chi connectivity index (χ4n) is 0.456. The van der Waals surface area contributed by atoms with E-state index in [1.165, 1.54) is 0 Å². The van der Waals surface area contributed by atoms with Gasteiger partial charge in [-0.3, -0.25) is 0 Å². The van der Waals surface area contributed by atoms with Crippen molar-refractivity contribution >= 4 is 45.0 Å². The first-order chi connectivity index (χ1) is 8.89. The summed E-state index contributed by atoms with van der Waals surface area (Å²) in [5.41, 5.74) is 0. The van der Waals surface area contributed by atoms with Gasteiger partial charge in [0.05, 0.1) is 17.9 Å². The van der Waals surface area contributed by atoms with Crippen LogP contribution in [0.3, 0.4) is 0 Å². The van der Waals surface area contributed by atoms with Crippen LogP contribution in [0.15, 0.2) is 0 Å². The maximum Gasteiger partial charge on any atom is 0.148 e. The Morgan fingerprint density at radius 2 is 1.53 bits per heavy atom. The molecule has 0 radical (unpaired) electrons. The standard InChI is InChI=1S/C4H7NO2S.C4H7NS.C3H7ClS/c1-8(6,7)4-2-3-5;1-6-4-2-3-5;1-5-3-2-4/h2,4H2,1H3;2,4H2,1H3;2-3H2,1H3. The van der Waals surface area contributed by atoms with Crippen LogP contribution < -0.4 is 0 Å². The predicted molar refractivity (Wildman–Crippen MR) is 87.7 cm³/mol. The second-order valence-corrected chi connectivity index (χ2v) is 7.73. The summed E-state index contributed by atoms with van der Waals surface area (Å²) in [7, 11) is -2.91. The SMILES string of the molecule is CS(=O)(=O)CCC#N.CSCCC#N.CSCCCl. The number of sulfone groups is 1. The van der Waals surface area contributed by atoms with Crippen LogP contribution in [0, 0.1) is 22.7 Å². The zero-order valence-corrected chi connectivity index (χ0v) is 14.8. The Hall–Kier alpha value is -0.0800. The Bertz CT molecular complexity index is 346. The molecule has 0 spiro atoms. The first-order valence-electron chi connectivity index (χ1n) is 5.35. The van der Waals surface area contributed by atoms with Crippen LogP contribution >= 0.6 is 35.1 Å². The van der Waals surface area contributed by atoms with Crippen LogP contribution in [0.2, 0.25) is 0 Å². The zero-order chi connectivity index (χ0) is 15.6. The molecular formula is C11H21ClN2O2S3. The molecule has 8 heteroatoms. The van der Waals surface area contributed by atoms with Crippen molar-refractivity contribution in [3.8, 4) is 12.1 Å². The zero-order valence-electron chi connectivity index (χ0n) is 11.6. The molecule has 0 aromatic heterocycles. The summed E-state index contributed by atoms with van der Waals surface area (Å²) in [5.74, 6) is 2.79. The van der Waals surface area contributed by atoms with Gasteiger partial charge in [-0.15, -0.1) is 11.6 Å². The lowest BCUT2D eigenvalue weighted by atomic mass is 10.6. The lowest BCUT2D eigenvalue weighted by Crippen LogP contribution is -2.00. The fraction of sp³-hybridized carbons (Fsp3) is 0.818. The molecule has 0 bridgehead atoms. The van der Waals surface area contributed by atoms with Crippen LogP contribution in [0.5, 0.6) is 0 Å². The van der Waals surface area contributed by atoms with Gasteiger partial charge < -0.3 is 0 Å². The van der Waals surface area contributed by atoms with E-state index in [2.05, 4.69) is 0 Å².